The van der Waals surface area contributed by atoms with Gasteiger partial charge in [-0.3, -0.25) is 9.47 Å². The standard InChI is InChI=1S/C8H7F7O5/c1-5(6(10,11)12)19-7(13,14)8(15,20-5)18-3-2-17-4(9)16/h2-3H2,1H3. The highest BCUT2D eigenvalue weighted by atomic mass is 19.4. The van der Waals surface area contributed by atoms with E-state index < -0.39 is 43.5 Å². The van der Waals surface area contributed by atoms with Crippen LogP contribution in [-0.4, -0.2) is 43.5 Å². The number of ether oxygens (including phenoxy) is 4. The summed E-state index contributed by atoms with van der Waals surface area (Å²) in [6, 6.07) is -4.57. The van der Waals surface area contributed by atoms with Crippen LogP contribution in [0.4, 0.5) is 35.5 Å². The van der Waals surface area contributed by atoms with Crippen LogP contribution in [0.25, 0.3) is 0 Å². The molecule has 0 saturated carbocycles. The van der Waals surface area contributed by atoms with Crippen molar-refractivity contribution in [2.75, 3.05) is 13.2 Å². The first kappa shape index (κ1) is 16.9. The van der Waals surface area contributed by atoms with Crippen LogP contribution in [0.5, 0.6) is 0 Å². The van der Waals surface area contributed by atoms with Crippen molar-refractivity contribution in [3.05, 3.63) is 0 Å². The van der Waals surface area contributed by atoms with E-state index in [1.165, 1.54) is 0 Å². The number of rotatable bonds is 4. The number of carbonyl (C=O) groups excluding carboxylic acids is 1. The van der Waals surface area contributed by atoms with Gasteiger partial charge in [-0.2, -0.15) is 26.3 Å². The van der Waals surface area contributed by atoms with E-state index in [0.717, 1.165) is 0 Å². The molecule has 1 aliphatic rings. The van der Waals surface area contributed by atoms with Gasteiger partial charge in [0.25, 0.3) is 5.79 Å². The van der Waals surface area contributed by atoms with Crippen molar-refractivity contribution in [3.8, 4) is 0 Å². The third kappa shape index (κ3) is 3.12. The molecule has 0 aliphatic carbocycles. The first-order chi connectivity index (χ1) is 8.83. The van der Waals surface area contributed by atoms with Gasteiger partial charge in [-0.1, -0.05) is 0 Å². The van der Waals surface area contributed by atoms with Gasteiger partial charge in [-0.25, -0.2) is 4.79 Å². The molecule has 0 N–H and O–H groups in total. The lowest BCUT2D eigenvalue weighted by Crippen LogP contribution is -2.46. The van der Waals surface area contributed by atoms with Crippen LogP contribution in [0.15, 0.2) is 0 Å². The molecular formula is C8H7F7O5. The van der Waals surface area contributed by atoms with Crippen LogP contribution in [0, 0.1) is 0 Å². The van der Waals surface area contributed by atoms with Crippen LogP contribution in [0.1, 0.15) is 6.92 Å². The Balaban J connectivity index is 2.75. The minimum atomic E-state index is -5.47. The highest BCUT2D eigenvalue weighted by molar-refractivity contribution is 5.57. The van der Waals surface area contributed by atoms with Crippen molar-refractivity contribution < 1.29 is 54.5 Å². The molecule has 0 amide bonds. The monoisotopic (exact) mass is 316 g/mol. The van der Waals surface area contributed by atoms with Gasteiger partial charge >= 0.3 is 24.5 Å². The molecule has 0 spiro atoms. The average Bonchev–Trinajstić information content (AvgIpc) is 2.40. The third-order valence-corrected chi connectivity index (χ3v) is 2.10. The van der Waals surface area contributed by atoms with Crippen LogP contribution < -0.4 is 0 Å². The van der Waals surface area contributed by atoms with Crippen LogP contribution in [0.3, 0.4) is 0 Å². The van der Waals surface area contributed by atoms with Gasteiger partial charge in [0.2, 0.25) is 0 Å². The number of hydrogen-bond donors (Lipinski definition) is 0. The first-order valence-corrected chi connectivity index (χ1v) is 4.83. The van der Waals surface area contributed by atoms with Crippen LogP contribution >= 0.6 is 0 Å². The molecule has 1 aliphatic heterocycles. The zero-order valence-electron chi connectivity index (χ0n) is 9.60. The van der Waals surface area contributed by atoms with Gasteiger partial charge in [0.15, 0.2) is 0 Å². The minimum absolute atomic E-state index is 0.0210. The van der Waals surface area contributed by atoms with Crippen LogP contribution in [-0.2, 0) is 18.9 Å². The molecule has 118 valence electrons. The summed E-state index contributed by atoms with van der Waals surface area (Å²) in [7, 11) is 0. The van der Waals surface area contributed by atoms with E-state index in [-0.39, 0.29) is 6.92 Å². The number of hydrogen-bond acceptors (Lipinski definition) is 5. The van der Waals surface area contributed by atoms with Crippen molar-refractivity contribution in [1.29, 1.82) is 0 Å². The Morgan fingerprint density at radius 3 is 2.10 bits per heavy atom. The van der Waals surface area contributed by atoms with Crippen molar-refractivity contribution in [3.63, 3.8) is 0 Å². The molecule has 1 rings (SSSR count). The second-order valence-electron chi connectivity index (χ2n) is 3.64. The Labute approximate surface area is 106 Å². The van der Waals surface area contributed by atoms with Gasteiger partial charge in [0.1, 0.15) is 6.61 Å². The van der Waals surface area contributed by atoms with E-state index in [4.69, 9.17) is 0 Å². The van der Waals surface area contributed by atoms with Gasteiger partial charge in [0.05, 0.1) is 6.61 Å². The molecule has 1 heterocycles. The van der Waals surface area contributed by atoms with E-state index in [1.807, 2.05) is 0 Å². The molecular weight excluding hydrogens is 309 g/mol. The Morgan fingerprint density at radius 1 is 1.15 bits per heavy atom. The first-order valence-electron chi connectivity index (χ1n) is 4.83. The second kappa shape index (κ2) is 5.00. The highest BCUT2D eigenvalue weighted by Crippen LogP contribution is 2.53. The molecule has 0 aromatic heterocycles. The van der Waals surface area contributed by atoms with E-state index in [9.17, 15) is 35.5 Å². The van der Waals surface area contributed by atoms with E-state index in [0.29, 0.717) is 0 Å². The summed E-state index contributed by atoms with van der Waals surface area (Å²) in [5, 5.41) is 0. The Bertz CT molecular complexity index is 386. The summed E-state index contributed by atoms with van der Waals surface area (Å²) in [6.45, 7) is -2.20. The van der Waals surface area contributed by atoms with Gasteiger partial charge in [0, 0.05) is 0 Å². The fraction of sp³-hybridized carbons (Fsp3) is 0.875. The Hall–Kier alpha value is -1.14. The number of halogens is 7. The summed E-state index contributed by atoms with van der Waals surface area (Å²) in [6.07, 6.45) is -12.9. The lowest BCUT2D eigenvalue weighted by molar-refractivity contribution is -0.403. The Morgan fingerprint density at radius 2 is 1.70 bits per heavy atom. The maximum absolute atomic E-state index is 13.6. The molecule has 5 nitrogen and oxygen atoms in total. The second-order valence-corrected chi connectivity index (χ2v) is 3.64. The number of alkyl halides is 6. The molecule has 0 aromatic carbocycles. The van der Waals surface area contributed by atoms with E-state index in [2.05, 4.69) is 18.9 Å². The van der Waals surface area contributed by atoms with E-state index in [1.54, 1.807) is 0 Å². The maximum Gasteiger partial charge on any atom is 0.495 e. The molecule has 1 fully saturated rings. The average molecular weight is 316 g/mol. The molecule has 0 bridgehead atoms. The van der Waals surface area contributed by atoms with E-state index >= 15 is 0 Å². The largest absolute Gasteiger partial charge is 0.495 e. The molecule has 12 heteroatoms. The molecule has 2 unspecified atom stereocenters. The predicted octanol–water partition coefficient (Wildman–Crippen LogP) is 2.65. The SMILES string of the molecule is CC1(C(F)(F)F)OC(F)(F)C(F)(OCCOC(=O)F)O1. The third-order valence-electron chi connectivity index (χ3n) is 2.10. The quantitative estimate of drug-likeness (QED) is 0.453. The topological polar surface area (TPSA) is 54.0 Å². The minimum Gasteiger partial charge on any atom is -0.438 e. The van der Waals surface area contributed by atoms with Gasteiger partial charge in [-0.05, 0) is 6.92 Å². The lowest BCUT2D eigenvalue weighted by atomic mass is 10.3. The summed E-state index contributed by atoms with van der Waals surface area (Å²) in [4.78, 5) is 9.69. The van der Waals surface area contributed by atoms with Crippen molar-refractivity contribution >= 4 is 6.22 Å². The zero-order chi connectivity index (χ0) is 15.8. The molecule has 0 radical (unpaired) electrons. The summed E-state index contributed by atoms with van der Waals surface area (Å²) >= 11 is 0. The zero-order valence-corrected chi connectivity index (χ0v) is 9.60. The van der Waals surface area contributed by atoms with Gasteiger partial charge < -0.3 is 9.47 Å². The smallest absolute Gasteiger partial charge is 0.438 e. The van der Waals surface area contributed by atoms with Gasteiger partial charge in [-0.15, -0.1) is 4.39 Å². The fourth-order valence-corrected chi connectivity index (χ4v) is 1.16. The summed E-state index contributed by atoms with van der Waals surface area (Å²) < 4.78 is 103. The van der Waals surface area contributed by atoms with Crippen molar-refractivity contribution in [2.45, 2.75) is 31.0 Å². The fourth-order valence-electron chi connectivity index (χ4n) is 1.16. The Kier molecular flexibility index (Phi) is 4.23. The van der Waals surface area contributed by atoms with Crippen molar-refractivity contribution in [2.24, 2.45) is 0 Å². The molecule has 2 atom stereocenters. The molecule has 0 aromatic rings. The summed E-state index contributed by atoms with van der Waals surface area (Å²) in [5.74, 6) is -3.94. The van der Waals surface area contributed by atoms with Crippen LogP contribution in [0.2, 0.25) is 0 Å². The maximum atomic E-state index is 13.6. The number of carbonyl (C=O) groups is 1. The molecule has 20 heavy (non-hydrogen) atoms. The highest BCUT2D eigenvalue weighted by Gasteiger charge is 2.78. The molecule has 1 saturated heterocycles. The summed E-state index contributed by atoms with van der Waals surface area (Å²) in [5.41, 5.74) is 0. The lowest BCUT2D eigenvalue weighted by Gasteiger charge is -2.25. The normalized spacial score (nSPS) is 33.2. The van der Waals surface area contributed by atoms with Crippen molar-refractivity contribution in [1.82, 2.24) is 0 Å². The predicted molar refractivity (Wildman–Crippen MR) is 43.8 cm³/mol.